The minimum absolute atomic E-state index is 0.0338. The predicted molar refractivity (Wildman–Crippen MR) is 53.4 cm³/mol. The normalized spacial score (nSPS) is 9.38. The van der Waals surface area contributed by atoms with Gasteiger partial charge in [0.05, 0.1) is 12.3 Å². The van der Waals surface area contributed by atoms with Gasteiger partial charge >= 0.3 is 0 Å². The number of rotatable bonds is 3. The van der Waals surface area contributed by atoms with Gasteiger partial charge in [-0.2, -0.15) is 0 Å². The molecule has 1 aromatic rings. The lowest BCUT2D eigenvalue weighted by atomic mass is 10.4. The first-order valence-corrected chi connectivity index (χ1v) is 4.23. The number of anilines is 1. The maximum atomic E-state index is 11.3. The second-order valence-corrected chi connectivity index (χ2v) is 2.53. The Hall–Kier alpha value is -1.51. The first kappa shape index (κ1) is 9.58. The van der Waals surface area contributed by atoms with Crippen LogP contribution in [0.25, 0.3) is 0 Å². The minimum Gasteiger partial charge on any atom is -0.494 e. The summed E-state index contributed by atoms with van der Waals surface area (Å²) in [5.41, 5.74) is 0.516. The van der Waals surface area contributed by atoms with E-state index in [1.807, 2.05) is 6.92 Å². The van der Waals surface area contributed by atoms with E-state index in [4.69, 9.17) is 4.74 Å². The summed E-state index contributed by atoms with van der Waals surface area (Å²) in [7, 11) is 1.71. The highest BCUT2D eigenvalue weighted by Crippen LogP contribution is 2.11. The molecule has 0 aliphatic carbocycles. The summed E-state index contributed by atoms with van der Waals surface area (Å²) in [4.78, 5) is 11.3. The van der Waals surface area contributed by atoms with E-state index in [-0.39, 0.29) is 5.43 Å². The van der Waals surface area contributed by atoms with Crippen LogP contribution < -0.4 is 15.5 Å². The number of hydrogen-bond acceptors (Lipinski definition) is 3. The van der Waals surface area contributed by atoms with Gasteiger partial charge in [0.2, 0.25) is 5.43 Å². The van der Waals surface area contributed by atoms with Crippen LogP contribution >= 0.6 is 0 Å². The van der Waals surface area contributed by atoms with Gasteiger partial charge in [-0.15, -0.1) is 0 Å². The van der Waals surface area contributed by atoms with Gasteiger partial charge < -0.3 is 10.1 Å². The molecule has 0 atom stereocenters. The Labute approximate surface area is 77.4 Å². The summed E-state index contributed by atoms with van der Waals surface area (Å²) < 4.78 is 5.28. The van der Waals surface area contributed by atoms with Crippen molar-refractivity contribution in [3.63, 3.8) is 0 Å². The highest BCUT2D eigenvalue weighted by molar-refractivity contribution is 5.45. The first-order valence-electron chi connectivity index (χ1n) is 4.23. The quantitative estimate of drug-likeness (QED) is 0.764. The summed E-state index contributed by atoms with van der Waals surface area (Å²) in [6.07, 6.45) is 0. The Morgan fingerprint density at radius 2 is 2.23 bits per heavy atom. The minimum atomic E-state index is -0.0338. The summed E-state index contributed by atoms with van der Waals surface area (Å²) in [6, 6.07) is 6.67. The summed E-state index contributed by atoms with van der Waals surface area (Å²) in [6.45, 7) is 2.51. The number of hydrogen-bond donors (Lipinski definition) is 1. The zero-order chi connectivity index (χ0) is 9.68. The van der Waals surface area contributed by atoms with Crippen LogP contribution in [0.2, 0.25) is 0 Å². The molecule has 0 saturated heterocycles. The van der Waals surface area contributed by atoms with E-state index >= 15 is 0 Å². The summed E-state index contributed by atoms with van der Waals surface area (Å²) in [5, 5.41) is 2.82. The van der Waals surface area contributed by atoms with Crippen LogP contribution in [0.1, 0.15) is 6.92 Å². The highest BCUT2D eigenvalue weighted by atomic mass is 16.5. The zero-order valence-corrected chi connectivity index (χ0v) is 7.83. The molecule has 70 valence electrons. The van der Waals surface area contributed by atoms with Crippen LogP contribution in [0.4, 0.5) is 5.69 Å². The standard InChI is InChI=1S/C10H13NO2/c1-3-13-8-5-4-6-10(12)9(7-8)11-2/h4-7H,3H2,1-2H3,(H,11,12). The van der Waals surface area contributed by atoms with Gasteiger partial charge in [0.25, 0.3) is 0 Å². The molecule has 0 spiro atoms. The van der Waals surface area contributed by atoms with Crippen molar-refractivity contribution < 1.29 is 4.74 Å². The van der Waals surface area contributed by atoms with Crippen molar-refractivity contribution >= 4 is 5.69 Å². The van der Waals surface area contributed by atoms with Crippen LogP contribution in [0.5, 0.6) is 5.75 Å². The van der Waals surface area contributed by atoms with E-state index < -0.39 is 0 Å². The molecule has 3 heteroatoms. The van der Waals surface area contributed by atoms with E-state index in [1.54, 1.807) is 25.2 Å². The van der Waals surface area contributed by atoms with Gasteiger partial charge in [0.1, 0.15) is 5.75 Å². The van der Waals surface area contributed by atoms with Gasteiger partial charge in [0.15, 0.2) is 0 Å². The molecule has 0 saturated carbocycles. The molecule has 0 bridgehead atoms. The van der Waals surface area contributed by atoms with Gasteiger partial charge in [-0.05, 0) is 19.1 Å². The lowest BCUT2D eigenvalue weighted by molar-refractivity contribution is 0.340. The largest absolute Gasteiger partial charge is 0.494 e. The van der Waals surface area contributed by atoms with Crippen molar-refractivity contribution in [1.29, 1.82) is 0 Å². The fourth-order valence-corrected chi connectivity index (χ4v) is 1.03. The van der Waals surface area contributed by atoms with E-state index in [9.17, 15) is 4.79 Å². The Morgan fingerprint density at radius 1 is 1.46 bits per heavy atom. The monoisotopic (exact) mass is 179 g/mol. The second-order valence-electron chi connectivity index (χ2n) is 2.53. The average molecular weight is 179 g/mol. The van der Waals surface area contributed by atoms with Crippen LogP contribution in [-0.4, -0.2) is 13.7 Å². The van der Waals surface area contributed by atoms with E-state index in [2.05, 4.69) is 5.32 Å². The van der Waals surface area contributed by atoms with Crippen molar-refractivity contribution in [3.8, 4) is 5.75 Å². The molecule has 0 aliphatic rings. The van der Waals surface area contributed by atoms with Crippen LogP contribution in [0.3, 0.4) is 0 Å². The Morgan fingerprint density at radius 3 is 2.85 bits per heavy atom. The summed E-state index contributed by atoms with van der Waals surface area (Å²) >= 11 is 0. The van der Waals surface area contributed by atoms with Crippen LogP contribution in [0.15, 0.2) is 29.1 Å². The third-order valence-electron chi connectivity index (χ3n) is 1.64. The molecule has 0 aromatic heterocycles. The summed E-state index contributed by atoms with van der Waals surface area (Å²) in [5.74, 6) is 0.703. The van der Waals surface area contributed by atoms with Gasteiger partial charge in [-0.1, -0.05) is 6.07 Å². The molecular formula is C10H13NO2. The predicted octanol–water partition coefficient (Wildman–Crippen LogP) is 1.49. The maximum Gasteiger partial charge on any atom is 0.201 e. The van der Waals surface area contributed by atoms with Gasteiger partial charge in [-0.3, -0.25) is 4.79 Å². The molecule has 0 heterocycles. The third kappa shape index (κ3) is 2.47. The lowest BCUT2D eigenvalue weighted by Crippen LogP contribution is -2.03. The fraction of sp³-hybridized carbons (Fsp3) is 0.300. The fourth-order valence-electron chi connectivity index (χ4n) is 1.03. The van der Waals surface area contributed by atoms with Crippen LogP contribution in [0, 0.1) is 0 Å². The van der Waals surface area contributed by atoms with E-state index in [0.29, 0.717) is 18.0 Å². The van der Waals surface area contributed by atoms with Gasteiger partial charge in [0, 0.05) is 13.1 Å². The number of ether oxygens (including phenoxy) is 1. The molecule has 3 nitrogen and oxygen atoms in total. The van der Waals surface area contributed by atoms with Gasteiger partial charge in [-0.25, -0.2) is 0 Å². The molecule has 13 heavy (non-hydrogen) atoms. The smallest absolute Gasteiger partial charge is 0.201 e. The maximum absolute atomic E-state index is 11.3. The Bertz CT molecular complexity index is 336. The van der Waals surface area contributed by atoms with E-state index in [1.165, 1.54) is 6.07 Å². The molecule has 0 amide bonds. The molecule has 0 aliphatic heterocycles. The van der Waals surface area contributed by atoms with Crippen molar-refractivity contribution in [1.82, 2.24) is 0 Å². The molecule has 1 rings (SSSR count). The van der Waals surface area contributed by atoms with E-state index in [0.717, 1.165) is 0 Å². The topological polar surface area (TPSA) is 38.3 Å². The van der Waals surface area contributed by atoms with Crippen molar-refractivity contribution in [2.45, 2.75) is 6.92 Å². The van der Waals surface area contributed by atoms with Crippen molar-refractivity contribution in [2.75, 3.05) is 19.0 Å². The van der Waals surface area contributed by atoms with Crippen LogP contribution in [-0.2, 0) is 0 Å². The van der Waals surface area contributed by atoms with Crippen molar-refractivity contribution in [3.05, 3.63) is 34.5 Å². The zero-order valence-electron chi connectivity index (χ0n) is 7.83. The molecule has 1 N–H and O–H groups in total. The SMILES string of the molecule is CCOc1cccc(=O)c(NC)c1. The molecule has 0 radical (unpaired) electrons. The molecular weight excluding hydrogens is 166 g/mol. The second kappa shape index (κ2) is 4.50. The molecule has 1 aromatic carbocycles. The number of nitrogens with one attached hydrogen (secondary N) is 1. The Kier molecular flexibility index (Phi) is 3.31. The third-order valence-corrected chi connectivity index (χ3v) is 1.64. The lowest BCUT2D eigenvalue weighted by Gasteiger charge is -2.00. The van der Waals surface area contributed by atoms with Crippen molar-refractivity contribution in [2.24, 2.45) is 0 Å². The molecule has 0 fully saturated rings. The average Bonchev–Trinajstić information content (AvgIpc) is 2.29. The molecule has 0 unspecified atom stereocenters. The Balaban J connectivity index is 3.14. The first-order chi connectivity index (χ1) is 6.27. The highest BCUT2D eigenvalue weighted by Gasteiger charge is 1.96.